The van der Waals surface area contributed by atoms with Crippen molar-refractivity contribution in [2.45, 2.75) is 32.3 Å². The van der Waals surface area contributed by atoms with Gasteiger partial charge in [-0.2, -0.15) is 0 Å². The second kappa shape index (κ2) is 5.34. The van der Waals surface area contributed by atoms with Crippen LogP contribution in [0.1, 0.15) is 41.2 Å². The van der Waals surface area contributed by atoms with Crippen LogP contribution < -0.4 is 5.32 Å². The average Bonchev–Trinajstić information content (AvgIpc) is 2.77. The van der Waals surface area contributed by atoms with E-state index >= 15 is 0 Å². The molecule has 0 bridgehead atoms. The summed E-state index contributed by atoms with van der Waals surface area (Å²) in [5.74, 6) is -0.120. The van der Waals surface area contributed by atoms with E-state index in [0.29, 0.717) is 6.42 Å². The highest BCUT2D eigenvalue weighted by Gasteiger charge is 2.28. The van der Waals surface area contributed by atoms with Crippen LogP contribution in [-0.4, -0.2) is 11.0 Å². The zero-order chi connectivity index (χ0) is 15.0. The van der Waals surface area contributed by atoms with Gasteiger partial charge in [-0.3, -0.25) is 4.79 Å². The van der Waals surface area contributed by atoms with Gasteiger partial charge in [0.1, 0.15) is 0 Å². The van der Waals surface area contributed by atoms with Crippen LogP contribution >= 0.6 is 0 Å². The van der Waals surface area contributed by atoms with E-state index in [9.17, 15) is 9.90 Å². The van der Waals surface area contributed by atoms with E-state index in [1.165, 1.54) is 0 Å². The number of amides is 1. The molecule has 3 nitrogen and oxygen atoms in total. The van der Waals surface area contributed by atoms with Gasteiger partial charge in [-0.15, -0.1) is 0 Å². The number of benzene rings is 2. The summed E-state index contributed by atoms with van der Waals surface area (Å²) in [4.78, 5) is 11.8. The minimum atomic E-state index is -0.556. The smallest absolute Gasteiger partial charge is 0.231 e. The normalized spacial score (nSPS) is 18.2. The van der Waals surface area contributed by atoms with Crippen LogP contribution in [0.3, 0.4) is 0 Å². The Labute approximate surface area is 124 Å². The predicted octanol–water partition coefficient (Wildman–Crippen LogP) is 3.33. The number of carbonyl (C=O) groups is 1. The number of carbonyl (C=O) groups excluding carboxylic acids is 1. The van der Waals surface area contributed by atoms with Crippen LogP contribution in [0, 0.1) is 6.92 Å². The quantitative estimate of drug-likeness (QED) is 0.906. The number of rotatable bonds is 3. The lowest BCUT2D eigenvalue weighted by atomic mass is 9.93. The van der Waals surface area contributed by atoms with Gasteiger partial charge >= 0.3 is 0 Å². The Hall–Kier alpha value is -2.13. The molecule has 3 rings (SSSR count). The lowest BCUT2D eigenvalue weighted by Crippen LogP contribution is -2.08. The van der Waals surface area contributed by atoms with Gasteiger partial charge < -0.3 is 10.4 Å². The number of aliphatic hydroxyl groups is 1. The van der Waals surface area contributed by atoms with E-state index in [2.05, 4.69) is 5.32 Å². The highest BCUT2D eigenvalue weighted by molar-refractivity contribution is 6.03. The molecule has 2 atom stereocenters. The fraction of sp³-hybridized carbons (Fsp3) is 0.278. The van der Waals surface area contributed by atoms with Crippen molar-refractivity contribution in [3.05, 3.63) is 64.7 Å². The summed E-state index contributed by atoms with van der Waals surface area (Å²) >= 11 is 0. The molecule has 0 aliphatic carbocycles. The molecule has 0 saturated carbocycles. The Kier molecular flexibility index (Phi) is 3.52. The molecular weight excluding hydrogens is 262 g/mol. The first kappa shape index (κ1) is 13.8. The topological polar surface area (TPSA) is 49.3 Å². The largest absolute Gasteiger partial charge is 0.388 e. The fourth-order valence-electron chi connectivity index (χ4n) is 2.88. The third kappa shape index (κ3) is 2.57. The maximum atomic E-state index is 11.8. The number of aliphatic hydroxyl groups excluding tert-OH is 1. The molecule has 0 spiro atoms. The zero-order valence-corrected chi connectivity index (χ0v) is 12.3. The molecule has 2 aromatic carbocycles. The summed E-state index contributed by atoms with van der Waals surface area (Å²) in [7, 11) is 0. The van der Waals surface area contributed by atoms with Crippen LogP contribution in [0.25, 0.3) is 0 Å². The molecule has 3 heteroatoms. The van der Waals surface area contributed by atoms with E-state index in [-0.39, 0.29) is 11.8 Å². The third-order valence-corrected chi connectivity index (χ3v) is 4.15. The molecule has 2 unspecified atom stereocenters. The minimum Gasteiger partial charge on any atom is -0.388 e. The molecule has 0 fully saturated rings. The Balaban J connectivity index is 1.90. The van der Waals surface area contributed by atoms with E-state index in [4.69, 9.17) is 0 Å². The van der Waals surface area contributed by atoms with Crippen LogP contribution in [0.2, 0.25) is 0 Å². The third-order valence-electron chi connectivity index (χ3n) is 4.15. The number of hydrogen-bond acceptors (Lipinski definition) is 2. The van der Waals surface area contributed by atoms with Crippen molar-refractivity contribution in [1.82, 2.24) is 0 Å². The first-order valence-electron chi connectivity index (χ1n) is 7.23. The highest BCUT2D eigenvalue weighted by atomic mass is 16.3. The molecule has 1 aliphatic heterocycles. The lowest BCUT2D eigenvalue weighted by molar-refractivity contribution is -0.116. The van der Waals surface area contributed by atoms with Crippen molar-refractivity contribution in [3.63, 3.8) is 0 Å². The summed E-state index contributed by atoms with van der Waals surface area (Å²) in [6, 6.07) is 13.9. The molecule has 1 aliphatic rings. The van der Waals surface area contributed by atoms with Gasteiger partial charge in [-0.05, 0) is 36.1 Å². The first-order chi connectivity index (χ1) is 10.1. The van der Waals surface area contributed by atoms with E-state index in [0.717, 1.165) is 27.9 Å². The van der Waals surface area contributed by atoms with Crippen molar-refractivity contribution in [3.8, 4) is 0 Å². The van der Waals surface area contributed by atoms with Crippen molar-refractivity contribution < 1.29 is 9.90 Å². The molecule has 2 N–H and O–H groups in total. The minimum absolute atomic E-state index is 0.0304. The SMILES string of the molecule is Cc1cc(C(O)Cc2ccccc2)cc2c1NC(=O)C2C. The Morgan fingerprint density at radius 1 is 1.24 bits per heavy atom. The van der Waals surface area contributed by atoms with E-state index in [1.54, 1.807) is 0 Å². The maximum absolute atomic E-state index is 11.8. The van der Waals surface area contributed by atoms with Crippen LogP contribution in [0.15, 0.2) is 42.5 Å². The van der Waals surface area contributed by atoms with Gasteiger partial charge in [0.2, 0.25) is 5.91 Å². The number of anilines is 1. The van der Waals surface area contributed by atoms with E-state index in [1.807, 2.05) is 56.3 Å². The summed E-state index contributed by atoms with van der Waals surface area (Å²) in [5.41, 5.74) is 4.88. The summed E-state index contributed by atoms with van der Waals surface area (Å²) in [5, 5.41) is 13.4. The first-order valence-corrected chi connectivity index (χ1v) is 7.23. The summed E-state index contributed by atoms with van der Waals surface area (Å²) in [6.07, 6.45) is 0.0220. The van der Waals surface area contributed by atoms with Crippen LogP contribution in [0.5, 0.6) is 0 Å². The molecule has 0 radical (unpaired) electrons. The number of aryl methyl sites for hydroxylation is 1. The molecular formula is C18H19NO2. The standard InChI is InChI=1S/C18H19NO2/c1-11-8-14(10-15-12(2)18(21)19-17(11)15)16(20)9-13-6-4-3-5-7-13/h3-8,10,12,16,20H,9H2,1-2H3,(H,19,21). The second-order valence-electron chi connectivity index (χ2n) is 5.72. The maximum Gasteiger partial charge on any atom is 0.231 e. The van der Waals surface area contributed by atoms with Crippen molar-refractivity contribution in [1.29, 1.82) is 0 Å². The zero-order valence-electron chi connectivity index (χ0n) is 12.3. The van der Waals surface area contributed by atoms with Gasteiger partial charge in [0, 0.05) is 12.1 Å². The molecule has 0 saturated heterocycles. The number of hydrogen-bond donors (Lipinski definition) is 2. The molecule has 1 amide bonds. The second-order valence-corrected chi connectivity index (χ2v) is 5.72. The monoisotopic (exact) mass is 281 g/mol. The summed E-state index contributed by atoms with van der Waals surface area (Å²) in [6.45, 7) is 3.86. The Morgan fingerprint density at radius 2 is 1.95 bits per heavy atom. The van der Waals surface area contributed by atoms with Gasteiger partial charge in [0.25, 0.3) is 0 Å². The van der Waals surface area contributed by atoms with Crippen molar-refractivity contribution in [2.24, 2.45) is 0 Å². The summed E-state index contributed by atoms with van der Waals surface area (Å²) < 4.78 is 0. The molecule has 0 aromatic heterocycles. The number of nitrogens with one attached hydrogen (secondary N) is 1. The Bertz CT molecular complexity index is 679. The lowest BCUT2D eigenvalue weighted by Gasteiger charge is -2.15. The van der Waals surface area contributed by atoms with Gasteiger partial charge in [-0.25, -0.2) is 0 Å². The van der Waals surface area contributed by atoms with Crippen molar-refractivity contribution >= 4 is 11.6 Å². The van der Waals surface area contributed by atoms with E-state index < -0.39 is 6.10 Å². The van der Waals surface area contributed by atoms with Gasteiger partial charge in [0.05, 0.1) is 12.0 Å². The average molecular weight is 281 g/mol. The van der Waals surface area contributed by atoms with Crippen LogP contribution in [0.4, 0.5) is 5.69 Å². The van der Waals surface area contributed by atoms with Gasteiger partial charge in [0.15, 0.2) is 0 Å². The Morgan fingerprint density at radius 3 is 2.67 bits per heavy atom. The highest BCUT2D eigenvalue weighted by Crippen LogP contribution is 2.37. The fourth-order valence-corrected chi connectivity index (χ4v) is 2.88. The predicted molar refractivity (Wildman–Crippen MR) is 83.3 cm³/mol. The van der Waals surface area contributed by atoms with Gasteiger partial charge in [-0.1, -0.05) is 42.5 Å². The molecule has 21 heavy (non-hydrogen) atoms. The van der Waals surface area contributed by atoms with Crippen molar-refractivity contribution in [2.75, 3.05) is 5.32 Å². The molecule has 1 heterocycles. The molecule has 2 aromatic rings. The van der Waals surface area contributed by atoms with Crippen LogP contribution in [-0.2, 0) is 11.2 Å². The molecule has 108 valence electrons. The number of fused-ring (bicyclic) bond motifs is 1.